The van der Waals surface area contributed by atoms with Crippen molar-refractivity contribution in [2.24, 2.45) is 15.1 Å². The van der Waals surface area contributed by atoms with E-state index in [1.807, 2.05) is 6.07 Å². The van der Waals surface area contributed by atoms with E-state index < -0.39 is 5.91 Å². The van der Waals surface area contributed by atoms with Crippen molar-refractivity contribution < 1.29 is 14.7 Å². The highest BCUT2D eigenvalue weighted by Gasteiger charge is 2.23. The van der Waals surface area contributed by atoms with Gasteiger partial charge in [-0.05, 0) is 65.3 Å². The van der Waals surface area contributed by atoms with E-state index in [9.17, 15) is 14.7 Å². The normalized spacial score (nSPS) is 14.8. The Kier molecular flexibility index (Phi) is 5.83. The van der Waals surface area contributed by atoms with Gasteiger partial charge in [0, 0.05) is 16.0 Å². The summed E-state index contributed by atoms with van der Waals surface area (Å²) in [6.45, 7) is 2.22. The van der Waals surface area contributed by atoms with Gasteiger partial charge in [-0.2, -0.15) is 0 Å². The van der Waals surface area contributed by atoms with E-state index in [0.717, 1.165) is 40.8 Å². The van der Waals surface area contributed by atoms with Gasteiger partial charge in [0.25, 0.3) is 0 Å². The van der Waals surface area contributed by atoms with Crippen LogP contribution in [0.3, 0.4) is 0 Å². The number of carbonyl (C=O) groups is 2. The summed E-state index contributed by atoms with van der Waals surface area (Å²) in [5, 5.41) is 15.4. The average molecular weight is 428 g/mol. The minimum atomic E-state index is -0.613. The lowest BCUT2D eigenvalue weighted by molar-refractivity contribution is -0.119. The molecule has 0 unspecified atom stereocenters. The van der Waals surface area contributed by atoms with Gasteiger partial charge in [-0.3, -0.25) is 14.6 Å². The third-order valence-corrected chi connectivity index (χ3v) is 5.38. The number of amidine groups is 1. The lowest BCUT2D eigenvalue weighted by atomic mass is 9.88. The third kappa shape index (κ3) is 4.43. The number of phenols is 1. The molecule has 0 radical (unpaired) electrons. The number of nitrogens with one attached hydrogen (secondary N) is 1. The number of aromatic hydroxyl groups is 1. The molecule has 32 heavy (non-hydrogen) atoms. The van der Waals surface area contributed by atoms with Crippen LogP contribution in [-0.2, 0) is 17.6 Å². The second-order valence-corrected chi connectivity index (χ2v) is 7.57. The van der Waals surface area contributed by atoms with Crippen LogP contribution in [0.1, 0.15) is 40.4 Å². The van der Waals surface area contributed by atoms with Crippen LogP contribution in [0, 0.1) is 0 Å². The summed E-state index contributed by atoms with van der Waals surface area (Å²) in [5.74, 6) is -0.251. The van der Waals surface area contributed by atoms with E-state index in [1.54, 1.807) is 43.3 Å². The van der Waals surface area contributed by atoms with Gasteiger partial charge in [0.05, 0.1) is 24.4 Å². The standard InChI is InChI=1S/C23H20N6O3/c1-13-22(27-20(31)10-14-2-7-18(30)8-3-14)25-12-17-5-4-15-11-16(23(32)28-29-24)6-9-19(15)21(17)26-13/h2-3,6-9,11,30H,4-5,10,12H2,1H3,(H,25,27,31). The molecule has 2 N–H and O–H groups in total. The Morgan fingerprint density at radius 3 is 2.72 bits per heavy atom. The van der Waals surface area contributed by atoms with Crippen molar-refractivity contribution in [3.63, 3.8) is 0 Å². The Bertz CT molecular complexity index is 1250. The molecule has 1 heterocycles. The van der Waals surface area contributed by atoms with E-state index in [-0.39, 0.29) is 18.1 Å². The van der Waals surface area contributed by atoms with Crippen LogP contribution in [0.2, 0.25) is 0 Å². The summed E-state index contributed by atoms with van der Waals surface area (Å²) in [6.07, 6.45) is 1.61. The van der Waals surface area contributed by atoms with Crippen LogP contribution < -0.4 is 5.32 Å². The molecule has 0 saturated carbocycles. The Balaban J connectivity index is 1.54. The fourth-order valence-electron chi connectivity index (χ4n) is 3.77. The highest BCUT2D eigenvalue weighted by Crippen LogP contribution is 2.34. The fourth-order valence-corrected chi connectivity index (χ4v) is 3.77. The first-order valence-corrected chi connectivity index (χ1v) is 10.1. The Hall–Kier alpha value is -4.23. The molecule has 9 nitrogen and oxygen atoms in total. The van der Waals surface area contributed by atoms with Crippen molar-refractivity contribution in [2.45, 2.75) is 26.2 Å². The third-order valence-electron chi connectivity index (χ3n) is 5.38. The molecule has 2 aromatic carbocycles. The van der Waals surface area contributed by atoms with Crippen LogP contribution in [0.25, 0.3) is 16.1 Å². The molecule has 0 fully saturated rings. The Labute approximate surface area is 183 Å². The average Bonchev–Trinajstić information content (AvgIpc) is 2.94. The first kappa shape index (κ1) is 21.0. The molecule has 0 bridgehead atoms. The molecule has 1 aliphatic heterocycles. The maximum Gasteiger partial charge on any atom is 0.249 e. The van der Waals surface area contributed by atoms with Gasteiger partial charge in [-0.25, -0.2) is 4.99 Å². The van der Waals surface area contributed by atoms with E-state index in [1.165, 1.54) is 0 Å². The van der Waals surface area contributed by atoms with Gasteiger partial charge in [0.1, 0.15) is 11.6 Å². The molecule has 2 aromatic rings. The van der Waals surface area contributed by atoms with Crippen molar-refractivity contribution in [3.05, 3.63) is 80.7 Å². The first-order chi connectivity index (χ1) is 15.4. The predicted molar refractivity (Wildman–Crippen MR) is 121 cm³/mol. The van der Waals surface area contributed by atoms with E-state index in [4.69, 9.17) is 10.5 Å². The van der Waals surface area contributed by atoms with Crippen LogP contribution in [0.5, 0.6) is 5.75 Å². The lowest BCUT2D eigenvalue weighted by Crippen LogP contribution is -2.36. The van der Waals surface area contributed by atoms with Crippen LogP contribution in [-0.4, -0.2) is 35.0 Å². The number of aliphatic imine (C=N–C) groups is 2. The van der Waals surface area contributed by atoms with Gasteiger partial charge in [-0.1, -0.05) is 24.3 Å². The number of aryl methyl sites for hydroxylation is 1. The Morgan fingerprint density at radius 2 is 1.97 bits per heavy atom. The Morgan fingerprint density at radius 1 is 1.19 bits per heavy atom. The van der Waals surface area contributed by atoms with Gasteiger partial charge < -0.3 is 10.4 Å². The molecule has 0 atom stereocenters. The number of nitrogens with zero attached hydrogens (tertiary/aromatic N) is 5. The zero-order valence-corrected chi connectivity index (χ0v) is 17.4. The SMILES string of the molecule is CC1=NC2=C(CCc3cc(C(=O)N=[N+]=[N-])ccc32)CN=C1NC(=O)Cc1ccc(O)cc1. The zero-order valence-electron chi connectivity index (χ0n) is 17.4. The van der Waals surface area contributed by atoms with E-state index in [2.05, 4.69) is 20.3 Å². The minimum Gasteiger partial charge on any atom is -0.508 e. The summed E-state index contributed by atoms with van der Waals surface area (Å²) in [5.41, 5.74) is 13.9. The summed E-state index contributed by atoms with van der Waals surface area (Å²) >= 11 is 0. The van der Waals surface area contributed by atoms with Gasteiger partial charge >= 0.3 is 0 Å². The van der Waals surface area contributed by atoms with E-state index in [0.29, 0.717) is 23.7 Å². The topological polar surface area (TPSA) is 140 Å². The van der Waals surface area contributed by atoms with Gasteiger partial charge in [-0.15, -0.1) is 0 Å². The summed E-state index contributed by atoms with van der Waals surface area (Å²) in [4.78, 5) is 36.3. The molecular formula is C23H20N6O3. The molecule has 0 saturated heterocycles. The predicted octanol–water partition coefficient (Wildman–Crippen LogP) is 3.73. The van der Waals surface area contributed by atoms with E-state index >= 15 is 0 Å². The smallest absolute Gasteiger partial charge is 0.249 e. The molecule has 2 aliphatic rings. The van der Waals surface area contributed by atoms with Crippen LogP contribution >= 0.6 is 0 Å². The number of hydrogen-bond donors (Lipinski definition) is 2. The van der Waals surface area contributed by atoms with Crippen molar-refractivity contribution in [3.8, 4) is 5.75 Å². The number of amides is 2. The molecule has 160 valence electrons. The number of phenolic OH excluding ortho intramolecular Hbond substituents is 1. The number of rotatable bonds is 3. The largest absolute Gasteiger partial charge is 0.508 e. The van der Waals surface area contributed by atoms with Crippen molar-refractivity contribution in [2.75, 3.05) is 6.54 Å². The summed E-state index contributed by atoms with van der Waals surface area (Å²) in [7, 11) is 0. The highest BCUT2D eigenvalue weighted by atomic mass is 16.3. The summed E-state index contributed by atoms with van der Waals surface area (Å²) < 4.78 is 0. The van der Waals surface area contributed by atoms with Crippen molar-refractivity contribution >= 4 is 29.1 Å². The number of hydrogen-bond acceptors (Lipinski definition) is 5. The molecule has 1 aliphatic carbocycles. The molecule has 9 heteroatoms. The molecule has 0 aromatic heterocycles. The minimum absolute atomic E-state index is 0.150. The number of benzene rings is 2. The monoisotopic (exact) mass is 428 g/mol. The van der Waals surface area contributed by atoms with Crippen molar-refractivity contribution in [1.82, 2.24) is 5.32 Å². The zero-order chi connectivity index (χ0) is 22.7. The summed E-state index contributed by atoms with van der Waals surface area (Å²) in [6, 6.07) is 11.7. The second-order valence-electron chi connectivity index (χ2n) is 7.57. The maximum absolute atomic E-state index is 12.5. The van der Waals surface area contributed by atoms with Crippen LogP contribution in [0.15, 0.2) is 63.1 Å². The number of carbonyl (C=O) groups excluding carboxylic acids is 2. The van der Waals surface area contributed by atoms with Gasteiger partial charge in [0.15, 0.2) is 0 Å². The lowest BCUT2D eigenvalue weighted by Gasteiger charge is -2.20. The molecule has 4 rings (SSSR count). The van der Waals surface area contributed by atoms with Gasteiger partial charge in [0.2, 0.25) is 11.8 Å². The maximum atomic E-state index is 12.5. The quantitative estimate of drug-likeness (QED) is 0.437. The van der Waals surface area contributed by atoms with Crippen LogP contribution in [0.4, 0.5) is 0 Å². The first-order valence-electron chi connectivity index (χ1n) is 10.1. The highest BCUT2D eigenvalue weighted by molar-refractivity contribution is 6.43. The second kappa shape index (κ2) is 8.87. The molecule has 0 spiro atoms. The molecular weight excluding hydrogens is 408 g/mol. The number of azide groups is 1. The molecule has 2 amide bonds. The van der Waals surface area contributed by atoms with Crippen molar-refractivity contribution in [1.29, 1.82) is 0 Å². The number of fused-ring (bicyclic) bond motifs is 2. The fraction of sp³-hybridized carbons (Fsp3) is 0.217.